The number of hydrogen-bond acceptors (Lipinski definition) is 5. The van der Waals surface area contributed by atoms with Crippen molar-refractivity contribution in [2.75, 3.05) is 18.0 Å². The second-order valence-electron chi connectivity index (χ2n) is 3.93. The Hall–Kier alpha value is -2.02. The zero-order chi connectivity index (χ0) is 12.4. The van der Waals surface area contributed by atoms with E-state index in [-0.39, 0.29) is 17.5 Å². The van der Waals surface area contributed by atoms with Crippen molar-refractivity contribution < 1.29 is 9.72 Å². The lowest BCUT2D eigenvalue weighted by molar-refractivity contribution is -0.384. The van der Waals surface area contributed by atoms with Crippen LogP contribution in [-0.2, 0) is 4.79 Å². The fourth-order valence-electron chi connectivity index (χ4n) is 1.92. The maximum absolute atomic E-state index is 11.7. The third-order valence-corrected chi connectivity index (χ3v) is 2.80. The quantitative estimate of drug-likeness (QED) is 0.600. The van der Waals surface area contributed by atoms with Crippen molar-refractivity contribution in [1.29, 1.82) is 0 Å². The first kappa shape index (κ1) is 11.5. The molecule has 0 radical (unpaired) electrons. The van der Waals surface area contributed by atoms with Crippen LogP contribution >= 0.6 is 0 Å². The van der Waals surface area contributed by atoms with E-state index in [1.165, 1.54) is 17.2 Å². The Morgan fingerprint density at radius 3 is 3.00 bits per heavy atom. The van der Waals surface area contributed by atoms with Crippen LogP contribution in [0.15, 0.2) is 18.5 Å². The summed E-state index contributed by atoms with van der Waals surface area (Å²) < 4.78 is 0. The van der Waals surface area contributed by atoms with Crippen molar-refractivity contribution in [3.63, 3.8) is 0 Å². The fraction of sp³-hybridized carbons (Fsp3) is 0.400. The second kappa shape index (κ2) is 4.46. The minimum Gasteiger partial charge on any atom is -0.330 e. The molecule has 1 aliphatic heterocycles. The molecule has 0 bridgehead atoms. The Bertz CT molecular complexity index is 463. The third-order valence-electron chi connectivity index (χ3n) is 2.80. The number of carbonyl (C=O) groups excluding carboxylic acids is 1. The number of nitro groups is 1. The van der Waals surface area contributed by atoms with Crippen LogP contribution in [0.4, 0.5) is 11.4 Å². The molecule has 0 aromatic carbocycles. The number of rotatable bonds is 3. The predicted molar refractivity (Wildman–Crippen MR) is 60.4 cm³/mol. The number of carbonyl (C=O) groups is 1. The number of anilines is 1. The minimum atomic E-state index is -0.536. The number of aromatic nitrogens is 1. The van der Waals surface area contributed by atoms with E-state index in [1.807, 2.05) is 0 Å². The van der Waals surface area contributed by atoms with Gasteiger partial charge in [-0.25, -0.2) is 0 Å². The molecule has 1 aromatic heterocycles. The predicted octanol–water partition coefficient (Wildman–Crippen LogP) is 0.301. The van der Waals surface area contributed by atoms with Gasteiger partial charge in [0.1, 0.15) is 11.9 Å². The summed E-state index contributed by atoms with van der Waals surface area (Å²) in [6.45, 7) is 0.835. The van der Waals surface area contributed by atoms with Crippen LogP contribution in [0.5, 0.6) is 0 Å². The van der Waals surface area contributed by atoms with E-state index in [9.17, 15) is 14.9 Å². The third kappa shape index (κ3) is 2.09. The highest BCUT2D eigenvalue weighted by atomic mass is 16.6. The molecule has 7 nitrogen and oxygen atoms in total. The Balaban J connectivity index is 2.35. The number of nitrogens with zero attached hydrogens (tertiary/aromatic N) is 3. The Kier molecular flexibility index (Phi) is 3.01. The molecule has 2 heterocycles. The van der Waals surface area contributed by atoms with Crippen LogP contribution in [-0.4, -0.2) is 28.9 Å². The largest absolute Gasteiger partial charge is 0.330 e. The van der Waals surface area contributed by atoms with Gasteiger partial charge in [-0.15, -0.1) is 0 Å². The standard InChI is InChI=1S/C10H12N4O3/c11-4-7-3-10(15)13(6-7)8-1-2-12-5-9(8)14(16)17/h1-2,5,7H,3-4,6,11H2. The van der Waals surface area contributed by atoms with Crippen molar-refractivity contribution >= 4 is 17.3 Å². The topological polar surface area (TPSA) is 102 Å². The molecule has 1 atom stereocenters. The summed E-state index contributed by atoms with van der Waals surface area (Å²) in [5, 5.41) is 10.8. The molecule has 0 aliphatic carbocycles. The summed E-state index contributed by atoms with van der Waals surface area (Å²) in [5.41, 5.74) is 5.65. The molecule has 90 valence electrons. The van der Waals surface area contributed by atoms with Gasteiger partial charge in [-0.05, 0) is 18.5 Å². The summed E-state index contributed by atoms with van der Waals surface area (Å²) in [6.07, 6.45) is 2.93. The maximum Gasteiger partial charge on any atom is 0.311 e. The van der Waals surface area contributed by atoms with Crippen molar-refractivity contribution in [1.82, 2.24) is 4.98 Å². The molecule has 2 N–H and O–H groups in total. The molecule has 1 amide bonds. The van der Waals surface area contributed by atoms with Crippen LogP contribution in [0.3, 0.4) is 0 Å². The number of hydrogen-bond donors (Lipinski definition) is 1. The average Bonchev–Trinajstić information content (AvgIpc) is 2.70. The monoisotopic (exact) mass is 236 g/mol. The van der Waals surface area contributed by atoms with Crippen molar-refractivity contribution in [3.05, 3.63) is 28.6 Å². The molecule has 17 heavy (non-hydrogen) atoms. The van der Waals surface area contributed by atoms with Gasteiger partial charge in [-0.2, -0.15) is 0 Å². The average molecular weight is 236 g/mol. The fourth-order valence-corrected chi connectivity index (χ4v) is 1.92. The lowest BCUT2D eigenvalue weighted by Gasteiger charge is -2.15. The molecule has 2 rings (SSSR count). The van der Waals surface area contributed by atoms with Crippen LogP contribution in [0.25, 0.3) is 0 Å². The number of pyridine rings is 1. The van der Waals surface area contributed by atoms with Crippen LogP contribution in [0, 0.1) is 16.0 Å². The van der Waals surface area contributed by atoms with Gasteiger partial charge in [-0.1, -0.05) is 0 Å². The van der Waals surface area contributed by atoms with Gasteiger partial charge >= 0.3 is 5.69 Å². The lowest BCUT2D eigenvalue weighted by Crippen LogP contribution is -2.26. The first-order chi connectivity index (χ1) is 8.13. The number of nitrogens with two attached hydrogens (primary N) is 1. The van der Waals surface area contributed by atoms with Crippen molar-refractivity contribution in [2.45, 2.75) is 6.42 Å². The van der Waals surface area contributed by atoms with Crippen molar-refractivity contribution in [2.24, 2.45) is 11.7 Å². The highest BCUT2D eigenvalue weighted by Gasteiger charge is 2.33. The first-order valence-corrected chi connectivity index (χ1v) is 5.22. The maximum atomic E-state index is 11.7. The smallest absolute Gasteiger partial charge is 0.311 e. The van der Waals surface area contributed by atoms with Crippen LogP contribution in [0.2, 0.25) is 0 Å². The Morgan fingerprint density at radius 1 is 1.65 bits per heavy atom. The van der Waals surface area contributed by atoms with E-state index < -0.39 is 4.92 Å². The SMILES string of the molecule is NCC1CC(=O)N(c2ccncc2[N+](=O)[O-])C1. The van der Waals surface area contributed by atoms with E-state index in [0.29, 0.717) is 25.2 Å². The molecule has 1 aliphatic rings. The summed E-state index contributed by atoms with van der Waals surface area (Å²) in [7, 11) is 0. The molecule has 0 spiro atoms. The van der Waals surface area contributed by atoms with Crippen LogP contribution < -0.4 is 10.6 Å². The molecular weight excluding hydrogens is 224 g/mol. The van der Waals surface area contributed by atoms with Gasteiger partial charge in [0.25, 0.3) is 0 Å². The minimum absolute atomic E-state index is 0.0651. The van der Waals surface area contributed by atoms with E-state index in [2.05, 4.69) is 4.98 Å². The second-order valence-corrected chi connectivity index (χ2v) is 3.93. The van der Waals surface area contributed by atoms with Gasteiger partial charge in [-0.3, -0.25) is 19.9 Å². The Labute approximate surface area is 97.4 Å². The highest BCUT2D eigenvalue weighted by molar-refractivity contribution is 5.97. The van der Waals surface area contributed by atoms with E-state index in [0.717, 1.165) is 6.20 Å². The summed E-state index contributed by atoms with van der Waals surface area (Å²) in [6, 6.07) is 1.48. The van der Waals surface area contributed by atoms with Crippen molar-refractivity contribution in [3.8, 4) is 0 Å². The molecule has 1 unspecified atom stereocenters. The van der Waals surface area contributed by atoms with E-state index in [4.69, 9.17) is 5.73 Å². The molecule has 1 saturated heterocycles. The van der Waals surface area contributed by atoms with E-state index in [1.54, 1.807) is 0 Å². The van der Waals surface area contributed by atoms with Gasteiger partial charge in [0.15, 0.2) is 0 Å². The van der Waals surface area contributed by atoms with Gasteiger partial charge in [0.2, 0.25) is 5.91 Å². The zero-order valence-corrected chi connectivity index (χ0v) is 9.07. The highest BCUT2D eigenvalue weighted by Crippen LogP contribution is 2.31. The zero-order valence-electron chi connectivity index (χ0n) is 9.07. The molecular formula is C10H12N4O3. The first-order valence-electron chi connectivity index (χ1n) is 5.22. The van der Waals surface area contributed by atoms with Gasteiger partial charge < -0.3 is 10.6 Å². The van der Waals surface area contributed by atoms with Crippen LogP contribution in [0.1, 0.15) is 6.42 Å². The lowest BCUT2D eigenvalue weighted by atomic mass is 10.1. The van der Waals surface area contributed by atoms with E-state index >= 15 is 0 Å². The molecule has 1 aromatic rings. The summed E-state index contributed by atoms with van der Waals surface area (Å²) in [5.74, 6) is -0.0648. The Morgan fingerprint density at radius 2 is 2.41 bits per heavy atom. The molecule has 7 heteroatoms. The normalized spacial score (nSPS) is 19.7. The summed E-state index contributed by atoms with van der Waals surface area (Å²) in [4.78, 5) is 27.2. The number of amides is 1. The molecule has 1 fully saturated rings. The van der Waals surface area contributed by atoms with Gasteiger partial charge in [0.05, 0.1) is 4.92 Å². The molecule has 0 saturated carbocycles. The summed E-state index contributed by atoms with van der Waals surface area (Å²) >= 11 is 0. The van der Waals surface area contributed by atoms with Gasteiger partial charge in [0, 0.05) is 19.2 Å².